The van der Waals surface area contributed by atoms with E-state index >= 15 is 0 Å². The molecule has 0 spiro atoms. The van der Waals surface area contributed by atoms with Crippen LogP contribution < -0.4 is 4.74 Å². The van der Waals surface area contributed by atoms with Gasteiger partial charge < -0.3 is 9.47 Å². The molecule has 0 N–H and O–H groups in total. The summed E-state index contributed by atoms with van der Waals surface area (Å²) in [5.41, 5.74) is 2.58. The molecule has 0 fully saturated rings. The van der Waals surface area contributed by atoms with Crippen LogP contribution in [-0.4, -0.2) is 26.2 Å². The summed E-state index contributed by atoms with van der Waals surface area (Å²) in [6, 6.07) is 3.16. The standard InChI is InChI=1S/C14H20FNO2/c1-6-13(16-10(3)17-4)11-8-12(15)14(18-5)7-9(11)2/h7-8,10H,6H2,1-5H3/t10-/m0/s1. The highest BCUT2D eigenvalue weighted by Gasteiger charge is 2.12. The van der Waals surface area contributed by atoms with E-state index in [-0.39, 0.29) is 17.8 Å². The molecule has 1 aromatic carbocycles. The number of methoxy groups -OCH3 is 2. The molecule has 0 unspecified atom stereocenters. The highest BCUT2D eigenvalue weighted by atomic mass is 19.1. The van der Waals surface area contributed by atoms with Crippen molar-refractivity contribution in [1.82, 2.24) is 0 Å². The fraction of sp³-hybridized carbons (Fsp3) is 0.500. The van der Waals surface area contributed by atoms with Gasteiger partial charge in [0.2, 0.25) is 0 Å². The van der Waals surface area contributed by atoms with Gasteiger partial charge in [-0.05, 0) is 38.0 Å². The smallest absolute Gasteiger partial charge is 0.165 e. The van der Waals surface area contributed by atoms with E-state index < -0.39 is 0 Å². The van der Waals surface area contributed by atoms with Gasteiger partial charge in [-0.25, -0.2) is 4.39 Å². The summed E-state index contributed by atoms with van der Waals surface area (Å²) in [5.74, 6) is -0.115. The molecule has 0 amide bonds. The normalized spacial score (nSPS) is 13.6. The maximum Gasteiger partial charge on any atom is 0.165 e. The minimum atomic E-state index is -0.371. The van der Waals surface area contributed by atoms with Crippen LogP contribution in [0.1, 0.15) is 31.4 Å². The Morgan fingerprint density at radius 2 is 2.06 bits per heavy atom. The molecule has 0 saturated heterocycles. The lowest BCUT2D eigenvalue weighted by Gasteiger charge is -2.13. The molecule has 1 aromatic rings. The summed E-state index contributed by atoms with van der Waals surface area (Å²) in [6.45, 7) is 5.76. The number of halogens is 1. The number of nitrogens with zero attached hydrogens (tertiary/aromatic N) is 1. The summed E-state index contributed by atoms with van der Waals surface area (Å²) >= 11 is 0. The highest BCUT2D eigenvalue weighted by Crippen LogP contribution is 2.23. The third-order valence-corrected chi connectivity index (χ3v) is 2.82. The molecule has 0 saturated carbocycles. The summed E-state index contributed by atoms with van der Waals surface area (Å²) in [6.07, 6.45) is 0.491. The molecule has 0 aliphatic carbocycles. The van der Waals surface area contributed by atoms with Crippen LogP contribution >= 0.6 is 0 Å². The molecule has 0 aliphatic rings. The van der Waals surface area contributed by atoms with Crippen LogP contribution in [-0.2, 0) is 4.74 Å². The zero-order chi connectivity index (χ0) is 13.7. The largest absolute Gasteiger partial charge is 0.494 e. The lowest BCUT2D eigenvalue weighted by Crippen LogP contribution is -2.10. The van der Waals surface area contributed by atoms with Gasteiger partial charge in [-0.1, -0.05) is 6.92 Å². The van der Waals surface area contributed by atoms with E-state index in [0.717, 1.165) is 23.3 Å². The Morgan fingerprint density at radius 3 is 2.56 bits per heavy atom. The van der Waals surface area contributed by atoms with Crippen molar-refractivity contribution in [3.63, 3.8) is 0 Å². The Bertz CT molecular complexity index is 444. The second kappa shape index (κ2) is 6.50. The quantitative estimate of drug-likeness (QED) is 0.753. The Morgan fingerprint density at radius 1 is 1.39 bits per heavy atom. The Hall–Kier alpha value is -1.42. The van der Waals surface area contributed by atoms with E-state index in [4.69, 9.17) is 9.47 Å². The molecule has 0 aliphatic heterocycles. The first-order valence-corrected chi connectivity index (χ1v) is 5.97. The van der Waals surface area contributed by atoms with Gasteiger partial charge in [-0.15, -0.1) is 0 Å². The second-order valence-electron chi connectivity index (χ2n) is 4.07. The number of benzene rings is 1. The van der Waals surface area contributed by atoms with Crippen molar-refractivity contribution in [3.8, 4) is 5.75 Å². The fourth-order valence-electron chi connectivity index (χ4n) is 1.75. The van der Waals surface area contributed by atoms with Crippen LogP contribution in [0.4, 0.5) is 4.39 Å². The van der Waals surface area contributed by atoms with E-state index in [2.05, 4.69) is 4.99 Å². The summed E-state index contributed by atoms with van der Waals surface area (Å²) < 4.78 is 23.8. The summed E-state index contributed by atoms with van der Waals surface area (Å²) in [5, 5.41) is 0. The fourth-order valence-corrected chi connectivity index (χ4v) is 1.75. The molecule has 3 nitrogen and oxygen atoms in total. The van der Waals surface area contributed by atoms with E-state index in [9.17, 15) is 4.39 Å². The SMILES string of the molecule is CCC(=N[C@H](C)OC)c1cc(F)c(OC)cc1C. The number of aryl methyl sites for hydroxylation is 1. The first-order chi connectivity index (χ1) is 8.53. The number of ether oxygens (including phenoxy) is 2. The van der Waals surface area contributed by atoms with Crippen molar-refractivity contribution in [1.29, 1.82) is 0 Å². The number of hydrogen-bond acceptors (Lipinski definition) is 3. The van der Waals surface area contributed by atoms with E-state index in [1.807, 2.05) is 20.8 Å². The lowest BCUT2D eigenvalue weighted by molar-refractivity contribution is 0.126. The van der Waals surface area contributed by atoms with Crippen LogP contribution in [0.25, 0.3) is 0 Å². The average molecular weight is 253 g/mol. The maximum absolute atomic E-state index is 13.7. The first-order valence-electron chi connectivity index (χ1n) is 5.97. The molecule has 100 valence electrons. The van der Waals surface area contributed by atoms with Gasteiger partial charge in [0.15, 0.2) is 11.6 Å². The predicted molar refractivity (Wildman–Crippen MR) is 71.0 cm³/mol. The molecular weight excluding hydrogens is 233 g/mol. The zero-order valence-corrected chi connectivity index (χ0v) is 11.6. The van der Waals surface area contributed by atoms with Crippen LogP contribution in [0.3, 0.4) is 0 Å². The Balaban J connectivity index is 3.22. The van der Waals surface area contributed by atoms with E-state index in [1.54, 1.807) is 13.2 Å². The molecule has 0 bridgehead atoms. The van der Waals surface area contributed by atoms with Gasteiger partial charge in [-0.2, -0.15) is 0 Å². The number of rotatable bonds is 5. The van der Waals surface area contributed by atoms with Gasteiger partial charge in [0.05, 0.1) is 7.11 Å². The molecule has 0 aromatic heterocycles. The van der Waals surface area contributed by atoms with Crippen LogP contribution in [0, 0.1) is 12.7 Å². The topological polar surface area (TPSA) is 30.8 Å². The molecule has 4 heteroatoms. The van der Waals surface area contributed by atoms with E-state index in [0.29, 0.717) is 0 Å². The van der Waals surface area contributed by atoms with Crippen LogP contribution in [0.2, 0.25) is 0 Å². The van der Waals surface area contributed by atoms with E-state index in [1.165, 1.54) is 13.2 Å². The summed E-state index contributed by atoms with van der Waals surface area (Å²) in [7, 11) is 3.06. The Labute approximate surface area is 108 Å². The highest BCUT2D eigenvalue weighted by molar-refractivity contribution is 6.01. The van der Waals surface area contributed by atoms with Crippen molar-refractivity contribution in [2.45, 2.75) is 33.4 Å². The number of hydrogen-bond donors (Lipinski definition) is 0. The minimum absolute atomic E-state index is 0.232. The van der Waals surface area contributed by atoms with Crippen molar-refractivity contribution in [3.05, 3.63) is 29.1 Å². The average Bonchev–Trinajstić information content (AvgIpc) is 2.38. The van der Waals surface area contributed by atoms with Crippen molar-refractivity contribution >= 4 is 5.71 Å². The third kappa shape index (κ3) is 3.29. The third-order valence-electron chi connectivity index (χ3n) is 2.82. The monoisotopic (exact) mass is 253 g/mol. The minimum Gasteiger partial charge on any atom is -0.494 e. The van der Waals surface area contributed by atoms with Gasteiger partial charge in [0, 0.05) is 18.4 Å². The zero-order valence-electron chi connectivity index (χ0n) is 11.6. The molecule has 18 heavy (non-hydrogen) atoms. The van der Waals surface area contributed by atoms with Crippen molar-refractivity contribution < 1.29 is 13.9 Å². The van der Waals surface area contributed by atoms with Gasteiger partial charge in [0.1, 0.15) is 6.23 Å². The Kier molecular flexibility index (Phi) is 5.28. The lowest BCUT2D eigenvalue weighted by atomic mass is 10.0. The molecule has 0 heterocycles. The molecule has 1 atom stereocenters. The second-order valence-corrected chi connectivity index (χ2v) is 4.07. The maximum atomic E-state index is 13.7. The van der Waals surface area contributed by atoms with Gasteiger partial charge in [-0.3, -0.25) is 4.99 Å². The predicted octanol–water partition coefficient (Wildman–Crippen LogP) is 3.33. The van der Waals surface area contributed by atoms with Gasteiger partial charge >= 0.3 is 0 Å². The molecule has 0 radical (unpaired) electrons. The van der Waals surface area contributed by atoms with Crippen molar-refractivity contribution in [2.24, 2.45) is 4.99 Å². The first kappa shape index (κ1) is 14.6. The molecular formula is C14H20FNO2. The molecule has 1 rings (SSSR count). The van der Waals surface area contributed by atoms with Gasteiger partial charge in [0.25, 0.3) is 0 Å². The van der Waals surface area contributed by atoms with Crippen molar-refractivity contribution in [2.75, 3.05) is 14.2 Å². The summed E-state index contributed by atoms with van der Waals surface area (Å²) in [4.78, 5) is 4.43. The van der Waals surface area contributed by atoms with Crippen LogP contribution in [0.15, 0.2) is 17.1 Å². The van der Waals surface area contributed by atoms with Crippen LogP contribution in [0.5, 0.6) is 5.75 Å². The number of aliphatic imine (C=N–C) groups is 1.